The van der Waals surface area contributed by atoms with Crippen LogP contribution in [-0.2, 0) is 4.79 Å². The van der Waals surface area contributed by atoms with E-state index in [-0.39, 0.29) is 0 Å². The number of carbonyl (C=O) groups is 1. The molecule has 1 unspecified atom stereocenters. The molecule has 2 aromatic rings. The Bertz CT molecular complexity index is 846. The number of methoxy groups -OCH3 is 1. The van der Waals surface area contributed by atoms with E-state index in [9.17, 15) is 13.2 Å². The smallest absolute Gasteiger partial charge is 0.490 e. The van der Waals surface area contributed by atoms with Crippen molar-refractivity contribution in [2.45, 2.75) is 37.5 Å². The number of hydrogen-bond acceptors (Lipinski definition) is 6. The molecule has 0 radical (unpaired) electrons. The van der Waals surface area contributed by atoms with Gasteiger partial charge in [0.15, 0.2) is 0 Å². The summed E-state index contributed by atoms with van der Waals surface area (Å²) in [6.45, 7) is 2.38. The Morgan fingerprint density at radius 1 is 1.16 bits per heavy atom. The minimum Gasteiger partial charge on any atom is -0.497 e. The molecule has 0 aliphatic carbocycles. The molecule has 170 valence electrons. The number of carboxylic acids is 1. The summed E-state index contributed by atoms with van der Waals surface area (Å²) in [4.78, 5) is 11.6. The van der Waals surface area contributed by atoms with Crippen LogP contribution in [0.25, 0.3) is 11.3 Å². The zero-order valence-electron chi connectivity index (χ0n) is 17.1. The Morgan fingerprint density at radius 2 is 1.81 bits per heavy atom. The number of halogens is 3. The van der Waals surface area contributed by atoms with Gasteiger partial charge in [-0.25, -0.2) is 9.48 Å². The number of benzene rings is 1. The van der Waals surface area contributed by atoms with E-state index in [1.165, 1.54) is 43.9 Å². The second kappa shape index (κ2) is 10.4. The summed E-state index contributed by atoms with van der Waals surface area (Å²) in [5.41, 5.74) is 2.02. The van der Waals surface area contributed by atoms with E-state index in [1.807, 2.05) is 24.3 Å². The summed E-state index contributed by atoms with van der Waals surface area (Å²) < 4.78 is 39.0. The van der Waals surface area contributed by atoms with Crippen LogP contribution < -0.4 is 4.74 Å². The molecule has 3 heterocycles. The van der Waals surface area contributed by atoms with E-state index >= 15 is 0 Å². The van der Waals surface area contributed by atoms with Crippen molar-refractivity contribution in [2.24, 2.45) is 0 Å². The van der Waals surface area contributed by atoms with Crippen molar-refractivity contribution in [2.75, 3.05) is 31.7 Å². The highest BCUT2D eigenvalue weighted by Crippen LogP contribution is 2.29. The van der Waals surface area contributed by atoms with Gasteiger partial charge in [-0.1, -0.05) is 5.21 Å². The molecule has 2 aliphatic heterocycles. The van der Waals surface area contributed by atoms with Gasteiger partial charge in [-0.05, 0) is 49.3 Å². The molecule has 31 heavy (non-hydrogen) atoms. The Labute approximate surface area is 182 Å². The molecule has 11 heteroatoms. The molecule has 1 N–H and O–H groups in total. The number of rotatable bonds is 4. The van der Waals surface area contributed by atoms with E-state index in [4.69, 9.17) is 14.6 Å². The first-order chi connectivity index (χ1) is 14.8. The minimum atomic E-state index is -5.08. The highest BCUT2D eigenvalue weighted by Gasteiger charge is 2.38. The quantitative estimate of drug-likeness (QED) is 0.748. The fourth-order valence-corrected chi connectivity index (χ4v) is 4.93. The Balaban J connectivity index is 0.000000339. The summed E-state index contributed by atoms with van der Waals surface area (Å²) >= 11 is 2.10. The lowest BCUT2D eigenvalue weighted by molar-refractivity contribution is -0.192. The number of nitrogens with zero attached hydrogens (tertiary/aromatic N) is 4. The first-order valence-corrected chi connectivity index (χ1v) is 11.1. The standard InChI is InChI=1S/C18H24N4OS.C2HF3O2/c1-23-17-4-2-14(3-5-17)18-12-22(20-19-18)15-6-9-21(10-7-15)16-8-11-24-13-16;3-2(4,5)1(6)7/h2-5,12,15-16H,6-11,13H2,1H3;(H,6,7). The van der Waals surface area contributed by atoms with Crippen molar-refractivity contribution in [1.29, 1.82) is 0 Å². The van der Waals surface area contributed by atoms with Gasteiger partial charge in [0, 0.05) is 30.4 Å². The lowest BCUT2D eigenvalue weighted by Crippen LogP contribution is -2.42. The van der Waals surface area contributed by atoms with Crippen LogP contribution in [0.1, 0.15) is 25.3 Å². The summed E-state index contributed by atoms with van der Waals surface area (Å²) in [6.07, 6.45) is 0.715. The molecule has 1 atom stereocenters. The van der Waals surface area contributed by atoms with Crippen LogP contribution in [0.15, 0.2) is 30.5 Å². The van der Waals surface area contributed by atoms with Crippen LogP contribution in [0, 0.1) is 0 Å². The normalized spacial score (nSPS) is 20.2. The van der Waals surface area contributed by atoms with Gasteiger partial charge < -0.3 is 9.84 Å². The van der Waals surface area contributed by atoms with Crippen LogP contribution in [0.2, 0.25) is 0 Å². The third-order valence-corrected chi connectivity index (χ3v) is 6.58. The number of piperidine rings is 1. The maximum Gasteiger partial charge on any atom is 0.490 e. The molecule has 0 saturated carbocycles. The molecule has 7 nitrogen and oxygen atoms in total. The molecular weight excluding hydrogens is 433 g/mol. The number of aliphatic carboxylic acids is 1. The predicted molar refractivity (Wildman–Crippen MR) is 111 cm³/mol. The Kier molecular flexibility index (Phi) is 7.82. The molecule has 2 fully saturated rings. The monoisotopic (exact) mass is 458 g/mol. The van der Waals surface area contributed by atoms with Crippen molar-refractivity contribution in [3.63, 3.8) is 0 Å². The molecule has 0 amide bonds. The molecule has 0 spiro atoms. The second-order valence-electron chi connectivity index (χ2n) is 7.40. The molecular formula is C20H25F3N4O3S. The summed E-state index contributed by atoms with van der Waals surface area (Å²) in [7, 11) is 1.68. The minimum absolute atomic E-state index is 0.481. The predicted octanol–water partition coefficient (Wildman–Crippen LogP) is 3.73. The van der Waals surface area contributed by atoms with Crippen LogP contribution in [0.4, 0.5) is 13.2 Å². The van der Waals surface area contributed by atoms with Crippen LogP contribution >= 0.6 is 11.8 Å². The molecule has 2 aliphatic rings. The topological polar surface area (TPSA) is 80.5 Å². The molecule has 4 rings (SSSR count). The third kappa shape index (κ3) is 6.36. The van der Waals surface area contributed by atoms with Gasteiger partial charge in [0.1, 0.15) is 11.4 Å². The second-order valence-corrected chi connectivity index (χ2v) is 8.55. The van der Waals surface area contributed by atoms with Crippen molar-refractivity contribution >= 4 is 17.7 Å². The van der Waals surface area contributed by atoms with Crippen molar-refractivity contribution in [3.8, 4) is 17.0 Å². The zero-order chi connectivity index (χ0) is 22.4. The van der Waals surface area contributed by atoms with E-state index < -0.39 is 12.1 Å². The van der Waals surface area contributed by atoms with Gasteiger partial charge in [0.2, 0.25) is 0 Å². The highest BCUT2D eigenvalue weighted by molar-refractivity contribution is 7.99. The van der Waals surface area contributed by atoms with E-state index in [2.05, 4.69) is 37.9 Å². The number of likely N-dealkylation sites (tertiary alicyclic amines) is 1. The summed E-state index contributed by atoms with van der Waals surface area (Å²) in [5, 5.41) is 15.9. The van der Waals surface area contributed by atoms with Crippen molar-refractivity contribution < 1.29 is 27.8 Å². The first-order valence-electron chi connectivity index (χ1n) is 9.96. The van der Waals surface area contributed by atoms with Gasteiger partial charge >= 0.3 is 12.1 Å². The average molecular weight is 459 g/mol. The van der Waals surface area contributed by atoms with Gasteiger partial charge in [0.25, 0.3) is 0 Å². The molecule has 1 aromatic heterocycles. The SMILES string of the molecule is COc1ccc(-c2cn(C3CCN(C4CCSC4)CC3)nn2)cc1.O=C(O)C(F)(F)F. The van der Waals surface area contributed by atoms with E-state index in [0.29, 0.717) is 6.04 Å². The van der Waals surface area contributed by atoms with Gasteiger partial charge in [-0.2, -0.15) is 24.9 Å². The average Bonchev–Trinajstić information content (AvgIpc) is 3.46. The van der Waals surface area contributed by atoms with E-state index in [1.54, 1.807) is 7.11 Å². The fourth-order valence-electron chi connectivity index (χ4n) is 3.67. The van der Waals surface area contributed by atoms with Gasteiger partial charge in [-0.3, -0.25) is 4.90 Å². The van der Waals surface area contributed by atoms with Gasteiger partial charge in [-0.15, -0.1) is 5.10 Å². The first kappa shape index (κ1) is 23.4. The largest absolute Gasteiger partial charge is 0.497 e. The maximum atomic E-state index is 10.6. The summed E-state index contributed by atoms with van der Waals surface area (Å²) in [5.74, 6) is 0.755. The maximum absolute atomic E-state index is 10.6. The number of thioether (sulfide) groups is 1. The Morgan fingerprint density at radius 3 is 2.32 bits per heavy atom. The number of aromatic nitrogens is 3. The van der Waals surface area contributed by atoms with Crippen LogP contribution in [-0.4, -0.2) is 74.9 Å². The van der Waals surface area contributed by atoms with Crippen molar-refractivity contribution in [1.82, 2.24) is 19.9 Å². The molecule has 0 bridgehead atoms. The van der Waals surface area contributed by atoms with Crippen LogP contribution in [0.3, 0.4) is 0 Å². The molecule has 1 aromatic carbocycles. The summed E-state index contributed by atoms with van der Waals surface area (Å²) in [6, 6.07) is 9.29. The number of alkyl halides is 3. The fraction of sp³-hybridized carbons (Fsp3) is 0.550. The van der Waals surface area contributed by atoms with E-state index in [0.717, 1.165) is 23.0 Å². The van der Waals surface area contributed by atoms with Crippen molar-refractivity contribution in [3.05, 3.63) is 30.5 Å². The highest BCUT2D eigenvalue weighted by atomic mass is 32.2. The lowest BCUT2D eigenvalue weighted by atomic mass is 10.0. The number of ether oxygens (including phenoxy) is 1. The number of hydrogen-bond donors (Lipinski definition) is 1. The van der Waals surface area contributed by atoms with Gasteiger partial charge in [0.05, 0.1) is 19.3 Å². The lowest BCUT2D eigenvalue weighted by Gasteiger charge is -2.35. The number of carboxylic acid groups (broad SMARTS) is 1. The molecule has 2 saturated heterocycles. The third-order valence-electron chi connectivity index (χ3n) is 5.43. The van der Waals surface area contributed by atoms with Crippen LogP contribution in [0.5, 0.6) is 5.75 Å². The Hall–Kier alpha value is -2.27. The zero-order valence-corrected chi connectivity index (χ0v) is 17.9.